The van der Waals surface area contributed by atoms with E-state index in [2.05, 4.69) is 9.97 Å². The van der Waals surface area contributed by atoms with Crippen molar-refractivity contribution in [3.8, 4) is 0 Å². The lowest BCUT2D eigenvalue weighted by Crippen LogP contribution is -2.46. The van der Waals surface area contributed by atoms with E-state index in [0.717, 1.165) is 27.9 Å². The third-order valence-electron chi connectivity index (χ3n) is 4.80. The topological polar surface area (TPSA) is 78.4 Å². The lowest BCUT2D eigenvalue weighted by atomic mass is 9.71. The Bertz CT molecular complexity index is 820. The van der Waals surface area contributed by atoms with Crippen LogP contribution in [0.25, 0.3) is 11.0 Å². The minimum absolute atomic E-state index is 0. The normalized spacial score (nSPS) is 14.9. The highest BCUT2D eigenvalue weighted by Crippen LogP contribution is 2.40. The number of carbonyl (C=O) groups excluding carboxylic acids is 2. The summed E-state index contributed by atoms with van der Waals surface area (Å²) in [5.41, 5.74) is 3.11. The van der Waals surface area contributed by atoms with Crippen LogP contribution in [0.1, 0.15) is 37.1 Å². The van der Waals surface area contributed by atoms with Crippen LogP contribution in [0.15, 0.2) is 18.3 Å². The molecule has 6 nitrogen and oxygen atoms in total. The molecule has 1 aliphatic carbocycles. The molecule has 140 valence electrons. The Hall–Kier alpha value is -2.21. The minimum Gasteiger partial charge on any atom is -0.465 e. The van der Waals surface area contributed by atoms with Gasteiger partial charge in [0, 0.05) is 18.3 Å². The number of rotatable bonds is 4. The second-order valence-electron chi connectivity index (χ2n) is 6.23. The predicted molar refractivity (Wildman–Crippen MR) is 99.2 cm³/mol. The van der Waals surface area contributed by atoms with E-state index in [4.69, 9.17) is 9.47 Å². The Labute approximate surface area is 158 Å². The zero-order valence-corrected chi connectivity index (χ0v) is 16.0. The van der Waals surface area contributed by atoms with Crippen molar-refractivity contribution in [3.05, 3.63) is 35.2 Å². The van der Waals surface area contributed by atoms with E-state index in [1.54, 1.807) is 20.0 Å². The van der Waals surface area contributed by atoms with Crippen LogP contribution >= 0.6 is 12.4 Å². The third kappa shape index (κ3) is 3.26. The van der Waals surface area contributed by atoms with E-state index < -0.39 is 17.4 Å². The summed E-state index contributed by atoms with van der Waals surface area (Å²) >= 11 is 0. The number of pyridine rings is 2. The molecule has 3 rings (SSSR count). The Morgan fingerprint density at radius 1 is 1.19 bits per heavy atom. The SMILES string of the molecule is CCOC(=O)C1(C(=O)OCC)CCc2nc3cccnc3c(C)c2C1.Cl. The summed E-state index contributed by atoms with van der Waals surface area (Å²) in [5.74, 6) is -1.03. The van der Waals surface area contributed by atoms with Crippen LogP contribution in [0.2, 0.25) is 0 Å². The van der Waals surface area contributed by atoms with Crippen LogP contribution in [0, 0.1) is 12.3 Å². The fourth-order valence-electron chi connectivity index (χ4n) is 3.48. The van der Waals surface area contributed by atoms with Crippen LogP contribution in [0.5, 0.6) is 0 Å². The Morgan fingerprint density at radius 3 is 2.46 bits per heavy atom. The maximum absolute atomic E-state index is 12.7. The van der Waals surface area contributed by atoms with Crippen molar-refractivity contribution in [3.63, 3.8) is 0 Å². The molecule has 2 heterocycles. The Balaban J connectivity index is 0.00000243. The summed E-state index contributed by atoms with van der Waals surface area (Å²) in [4.78, 5) is 34.4. The summed E-state index contributed by atoms with van der Waals surface area (Å²) in [7, 11) is 0. The van der Waals surface area contributed by atoms with Crippen molar-refractivity contribution in [1.29, 1.82) is 0 Å². The van der Waals surface area contributed by atoms with Gasteiger partial charge in [0.1, 0.15) is 0 Å². The summed E-state index contributed by atoms with van der Waals surface area (Å²) < 4.78 is 10.4. The van der Waals surface area contributed by atoms with E-state index >= 15 is 0 Å². The van der Waals surface area contributed by atoms with Crippen LogP contribution in [0.4, 0.5) is 0 Å². The van der Waals surface area contributed by atoms with Crippen LogP contribution < -0.4 is 0 Å². The van der Waals surface area contributed by atoms with Crippen LogP contribution in [-0.2, 0) is 31.9 Å². The second-order valence-corrected chi connectivity index (χ2v) is 6.23. The molecule has 2 aromatic heterocycles. The Kier molecular flexibility index (Phi) is 6.18. The van der Waals surface area contributed by atoms with E-state index in [0.29, 0.717) is 12.8 Å². The van der Waals surface area contributed by atoms with Crippen molar-refractivity contribution in [1.82, 2.24) is 9.97 Å². The molecule has 0 aliphatic heterocycles. The van der Waals surface area contributed by atoms with Gasteiger partial charge in [-0.3, -0.25) is 19.6 Å². The lowest BCUT2D eigenvalue weighted by Gasteiger charge is -2.34. The minimum atomic E-state index is -1.30. The molecule has 0 N–H and O–H groups in total. The van der Waals surface area contributed by atoms with Gasteiger partial charge in [-0.2, -0.15) is 0 Å². The highest BCUT2D eigenvalue weighted by atomic mass is 35.5. The summed E-state index contributed by atoms with van der Waals surface area (Å²) in [6, 6.07) is 3.78. The van der Waals surface area contributed by atoms with E-state index in [1.165, 1.54) is 0 Å². The number of fused-ring (bicyclic) bond motifs is 2. The smallest absolute Gasteiger partial charge is 0.323 e. The van der Waals surface area contributed by atoms with Gasteiger partial charge in [0.25, 0.3) is 0 Å². The number of aryl methyl sites for hydroxylation is 2. The number of nitrogens with zero attached hydrogens (tertiary/aromatic N) is 2. The first kappa shape index (κ1) is 20.1. The highest BCUT2D eigenvalue weighted by Gasteiger charge is 2.51. The average molecular weight is 379 g/mol. The van der Waals surface area contributed by atoms with Gasteiger partial charge in [0.15, 0.2) is 5.41 Å². The van der Waals surface area contributed by atoms with Gasteiger partial charge < -0.3 is 9.47 Å². The van der Waals surface area contributed by atoms with E-state index in [9.17, 15) is 9.59 Å². The number of esters is 2. The number of halogens is 1. The molecule has 0 unspecified atom stereocenters. The number of hydrogen-bond acceptors (Lipinski definition) is 6. The van der Waals surface area contributed by atoms with Gasteiger partial charge in [-0.15, -0.1) is 12.4 Å². The van der Waals surface area contributed by atoms with Gasteiger partial charge in [0.05, 0.1) is 24.2 Å². The lowest BCUT2D eigenvalue weighted by molar-refractivity contribution is -0.173. The third-order valence-corrected chi connectivity index (χ3v) is 4.80. The van der Waals surface area contributed by atoms with Gasteiger partial charge in [0.2, 0.25) is 0 Å². The molecule has 0 aromatic carbocycles. The molecule has 26 heavy (non-hydrogen) atoms. The van der Waals surface area contributed by atoms with Crippen molar-refractivity contribution in [2.75, 3.05) is 13.2 Å². The fourth-order valence-corrected chi connectivity index (χ4v) is 3.48. The summed E-state index contributed by atoms with van der Waals surface area (Å²) in [6.07, 6.45) is 2.83. The van der Waals surface area contributed by atoms with Gasteiger partial charge in [-0.1, -0.05) is 0 Å². The first-order chi connectivity index (χ1) is 12.0. The highest BCUT2D eigenvalue weighted by molar-refractivity contribution is 6.01. The van der Waals surface area contributed by atoms with Crippen molar-refractivity contribution >= 4 is 35.4 Å². The standard InChI is InChI=1S/C19H22N2O4.ClH/c1-4-24-17(22)19(18(23)25-5-2)9-8-14-13(11-19)12(3)16-15(21-14)7-6-10-20-16;/h6-7,10H,4-5,8-9,11H2,1-3H3;1H. The predicted octanol–water partition coefficient (Wildman–Crippen LogP) is 2.96. The molecular weight excluding hydrogens is 356 g/mol. The number of ether oxygens (including phenoxy) is 2. The quantitative estimate of drug-likeness (QED) is 0.601. The second kappa shape index (κ2) is 7.99. The monoisotopic (exact) mass is 378 g/mol. The fraction of sp³-hybridized carbons (Fsp3) is 0.474. The van der Waals surface area contributed by atoms with Crippen molar-refractivity contribution in [2.24, 2.45) is 5.41 Å². The van der Waals surface area contributed by atoms with Crippen molar-refractivity contribution in [2.45, 2.75) is 40.0 Å². The molecule has 0 spiro atoms. The molecule has 0 saturated heterocycles. The average Bonchev–Trinajstić information content (AvgIpc) is 2.62. The molecule has 7 heteroatoms. The molecule has 0 saturated carbocycles. The maximum Gasteiger partial charge on any atom is 0.323 e. The summed E-state index contributed by atoms with van der Waals surface area (Å²) in [5, 5.41) is 0. The molecule has 0 amide bonds. The first-order valence-electron chi connectivity index (χ1n) is 8.61. The van der Waals surface area contributed by atoms with Crippen molar-refractivity contribution < 1.29 is 19.1 Å². The molecule has 0 radical (unpaired) electrons. The number of hydrogen-bond donors (Lipinski definition) is 0. The molecule has 0 atom stereocenters. The first-order valence-corrected chi connectivity index (χ1v) is 8.61. The molecular formula is C19H23ClN2O4. The van der Waals surface area contributed by atoms with Crippen LogP contribution in [-0.4, -0.2) is 35.1 Å². The molecule has 0 fully saturated rings. The number of carbonyl (C=O) groups is 2. The van der Waals surface area contributed by atoms with Gasteiger partial charge in [-0.05, 0) is 56.9 Å². The van der Waals surface area contributed by atoms with Crippen LogP contribution in [0.3, 0.4) is 0 Å². The maximum atomic E-state index is 12.7. The van der Waals surface area contributed by atoms with Gasteiger partial charge in [-0.25, -0.2) is 0 Å². The Morgan fingerprint density at radius 2 is 1.85 bits per heavy atom. The molecule has 2 aromatic rings. The van der Waals surface area contributed by atoms with E-state index in [-0.39, 0.29) is 32.0 Å². The van der Waals surface area contributed by atoms with E-state index in [1.807, 2.05) is 19.1 Å². The summed E-state index contributed by atoms with van der Waals surface area (Å²) in [6.45, 7) is 5.88. The zero-order chi connectivity index (χ0) is 18.0. The molecule has 1 aliphatic rings. The van der Waals surface area contributed by atoms with Gasteiger partial charge >= 0.3 is 11.9 Å². The molecule has 0 bridgehead atoms. The largest absolute Gasteiger partial charge is 0.465 e. The number of aromatic nitrogens is 2. The zero-order valence-electron chi connectivity index (χ0n) is 15.2.